The Hall–Kier alpha value is -0.320. The quantitative estimate of drug-likeness (QED) is 0.793. The van der Waals surface area contributed by atoms with Crippen molar-refractivity contribution in [1.82, 2.24) is 4.90 Å². The summed E-state index contributed by atoms with van der Waals surface area (Å²) in [7, 11) is 0. The lowest BCUT2D eigenvalue weighted by molar-refractivity contribution is -0.143. The molecule has 0 radical (unpaired) electrons. The summed E-state index contributed by atoms with van der Waals surface area (Å²) >= 11 is 0. The first-order valence-corrected chi connectivity index (χ1v) is 7.77. The highest BCUT2D eigenvalue weighted by atomic mass is 35.5. The molecule has 118 valence electrons. The molecule has 1 saturated heterocycles. The molecule has 0 spiro atoms. The van der Waals surface area contributed by atoms with Crippen LogP contribution in [0, 0.1) is 5.41 Å². The van der Waals surface area contributed by atoms with Gasteiger partial charge in [0.25, 0.3) is 0 Å². The van der Waals surface area contributed by atoms with Crippen molar-refractivity contribution in [3.63, 3.8) is 0 Å². The first-order chi connectivity index (χ1) is 9.15. The molecule has 2 aliphatic rings. The van der Waals surface area contributed by atoms with Crippen LogP contribution >= 0.6 is 12.4 Å². The summed E-state index contributed by atoms with van der Waals surface area (Å²) in [5, 5.41) is 0. The fraction of sp³-hybridized carbons (Fsp3) is 0.933. The molecule has 0 aromatic rings. The molecule has 20 heavy (non-hydrogen) atoms. The summed E-state index contributed by atoms with van der Waals surface area (Å²) in [5.74, 6) is 0.380. The number of nitrogens with two attached hydrogens (primary N) is 1. The van der Waals surface area contributed by atoms with Crippen LogP contribution in [0.2, 0.25) is 0 Å². The predicted molar refractivity (Wildman–Crippen MR) is 83.0 cm³/mol. The summed E-state index contributed by atoms with van der Waals surface area (Å²) in [5.41, 5.74) is 5.38. The van der Waals surface area contributed by atoms with Gasteiger partial charge in [0.05, 0.1) is 6.10 Å². The van der Waals surface area contributed by atoms with E-state index in [1.54, 1.807) is 0 Å². The highest BCUT2D eigenvalue weighted by molar-refractivity contribution is 5.85. The fourth-order valence-electron chi connectivity index (χ4n) is 3.31. The number of halogens is 1. The number of hydrogen-bond donors (Lipinski definition) is 1. The fourth-order valence-corrected chi connectivity index (χ4v) is 3.31. The largest absolute Gasteiger partial charge is 0.378 e. The lowest BCUT2D eigenvalue weighted by Crippen LogP contribution is -2.46. The Balaban J connectivity index is 0.00000200. The van der Waals surface area contributed by atoms with Crippen LogP contribution in [0.3, 0.4) is 0 Å². The Morgan fingerprint density at radius 2 is 1.90 bits per heavy atom. The summed E-state index contributed by atoms with van der Waals surface area (Å²) in [6.07, 6.45) is 7.77. The van der Waals surface area contributed by atoms with Gasteiger partial charge in [-0.1, -0.05) is 19.8 Å². The number of likely N-dealkylation sites (tertiary alicyclic amines) is 1. The summed E-state index contributed by atoms with van der Waals surface area (Å²) in [6, 6.07) is 0. The van der Waals surface area contributed by atoms with Gasteiger partial charge < -0.3 is 15.4 Å². The lowest BCUT2D eigenvalue weighted by Gasteiger charge is -2.36. The maximum absolute atomic E-state index is 12.6. The number of ether oxygens (including phenoxy) is 1. The minimum absolute atomic E-state index is 0. The van der Waals surface area contributed by atoms with Crippen LogP contribution in [0.4, 0.5) is 0 Å². The normalized spacial score (nSPS) is 22.6. The van der Waals surface area contributed by atoms with Crippen molar-refractivity contribution in [3.05, 3.63) is 0 Å². The molecule has 1 amide bonds. The maximum atomic E-state index is 12.6. The number of carbonyl (C=O) groups is 1. The van der Waals surface area contributed by atoms with Crippen molar-refractivity contribution in [3.8, 4) is 0 Å². The van der Waals surface area contributed by atoms with E-state index < -0.39 is 0 Å². The van der Waals surface area contributed by atoms with E-state index in [4.69, 9.17) is 10.5 Å². The van der Waals surface area contributed by atoms with E-state index in [1.807, 2.05) is 0 Å². The summed E-state index contributed by atoms with van der Waals surface area (Å²) in [6.45, 7) is 5.32. The van der Waals surface area contributed by atoms with Crippen molar-refractivity contribution in [1.29, 1.82) is 0 Å². The van der Waals surface area contributed by atoms with Gasteiger partial charge in [-0.3, -0.25) is 4.79 Å². The summed E-state index contributed by atoms with van der Waals surface area (Å²) in [4.78, 5) is 14.6. The number of amides is 1. The molecule has 1 aliphatic heterocycles. The van der Waals surface area contributed by atoms with Crippen LogP contribution in [-0.2, 0) is 9.53 Å². The third kappa shape index (κ3) is 4.34. The van der Waals surface area contributed by atoms with E-state index >= 15 is 0 Å². The highest BCUT2D eigenvalue weighted by Crippen LogP contribution is 2.39. The first kappa shape index (κ1) is 17.7. The number of carbonyl (C=O) groups excluding carboxylic acids is 1. The van der Waals surface area contributed by atoms with Gasteiger partial charge in [-0.05, 0) is 38.6 Å². The SMILES string of the molecule is CC1(C(=O)N2CCC(OCCCN)CC2)CCCC1.Cl. The molecule has 1 aliphatic carbocycles. The Bertz CT molecular complexity index is 298. The third-order valence-electron chi connectivity index (χ3n) is 4.65. The molecule has 2 fully saturated rings. The van der Waals surface area contributed by atoms with Crippen molar-refractivity contribution in [2.24, 2.45) is 11.1 Å². The zero-order valence-corrected chi connectivity index (χ0v) is 13.4. The molecule has 0 aromatic heterocycles. The Labute approximate surface area is 128 Å². The second kappa shape index (κ2) is 8.20. The minimum Gasteiger partial charge on any atom is -0.378 e. The lowest BCUT2D eigenvalue weighted by atomic mass is 9.86. The van der Waals surface area contributed by atoms with Crippen molar-refractivity contribution in [2.45, 2.75) is 58.0 Å². The third-order valence-corrected chi connectivity index (χ3v) is 4.65. The highest BCUT2D eigenvalue weighted by Gasteiger charge is 2.39. The molecule has 0 atom stereocenters. The van der Waals surface area contributed by atoms with E-state index in [-0.39, 0.29) is 17.8 Å². The predicted octanol–water partition coefficient (Wildman–Crippen LogP) is 2.34. The van der Waals surface area contributed by atoms with Crippen molar-refractivity contribution >= 4 is 18.3 Å². The van der Waals surface area contributed by atoms with Crippen LogP contribution in [0.5, 0.6) is 0 Å². The van der Waals surface area contributed by atoms with Crippen LogP contribution < -0.4 is 5.73 Å². The average Bonchev–Trinajstić information content (AvgIpc) is 2.87. The van der Waals surface area contributed by atoms with Crippen LogP contribution in [0.15, 0.2) is 0 Å². The van der Waals surface area contributed by atoms with E-state index in [0.717, 1.165) is 51.8 Å². The van der Waals surface area contributed by atoms with Gasteiger partial charge in [-0.2, -0.15) is 0 Å². The molecule has 4 nitrogen and oxygen atoms in total. The molecular formula is C15H29ClN2O2. The number of hydrogen-bond acceptors (Lipinski definition) is 3. The molecular weight excluding hydrogens is 276 g/mol. The standard InChI is InChI=1S/C15H28N2O2.ClH/c1-15(7-2-3-8-15)14(18)17-10-5-13(6-11-17)19-12-4-9-16;/h13H,2-12,16H2,1H3;1H. The molecule has 0 bridgehead atoms. The van der Waals surface area contributed by atoms with Gasteiger partial charge >= 0.3 is 0 Å². The van der Waals surface area contributed by atoms with E-state index in [2.05, 4.69) is 11.8 Å². The zero-order valence-electron chi connectivity index (χ0n) is 12.6. The van der Waals surface area contributed by atoms with Gasteiger partial charge in [0.2, 0.25) is 5.91 Å². The van der Waals surface area contributed by atoms with Gasteiger partial charge in [0.15, 0.2) is 0 Å². The van der Waals surface area contributed by atoms with Crippen molar-refractivity contribution in [2.75, 3.05) is 26.2 Å². The first-order valence-electron chi connectivity index (χ1n) is 7.77. The second-order valence-electron chi connectivity index (χ2n) is 6.27. The monoisotopic (exact) mass is 304 g/mol. The molecule has 0 aromatic carbocycles. The van der Waals surface area contributed by atoms with Gasteiger partial charge in [0, 0.05) is 25.1 Å². The summed E-state index contributed by atoms with van der Waals surface area (Å²) < 4.78 is 5.78. The molecule has 1 heterocycles. The Morgan fingerprint density at radius 1 is 1.30 bits per heavy atom. The number of piperidine rings is 1. The Morgan fingerprint density at radius 3 is 2.45 bits per heavy atom. The van der Waals surface area contributed by atoms with E-state index in [0.29, 0.717) is 18.6 Å². The minimum atomic E-state index is -0.0761. The van der Waals surface area contributed by atoms with Crippen LogP contribution in [0.1, 0.15) is 51.9 Å². The topological polar surface area (TPSA) is 55.6 Å². The second-order valence-corrected chi connectivity index (χ2v) is 6.27. The Kier molecular flexibility index (Phi) is 7.27. The van der Waals surface area contributed by atoms with E-state index in [1.165, 1.54) is 12.8 Å². The smallest absolute Gasteiger partial charge is 0.228 e. The van der Waals surface area contributed by atoms with Gasteiger partial charge in [-0.15, -0.1) is 12.4 Å². The average molecular weight is 305 g/mol. The molecule has 5 heteroatoms. The number of nitrogens with zero attached hydrogens (tertiary/aromatic N) is 1. The molecule has 2 rings (SSSR count). The molecule has 1 saturated carbocycles. The van der Waals surface area contributed by atoms with Gasteiger partial charge in [-0.25, -0.2) is 0 Å². The van der Waals surface area contributed by atoms with Crippen molar-refractivity contribution < 1.29 is 9.53 Å². The van der Waals surface area contributed by atoms with Crippen LogP contribution in [-0.4, -0.2) is 43.2 Å². The zero-order chi connectivity index (χ0) is 13.7. The molecule has 0 unspecified atom stereocenters. The number of rotatable bonds is 5. The maximum Gasteiger partial charge on any atom is 0.228 e. The van der Waals surface area contributed by atoms with Gasteiger partial charge in [0.1, 0.15) is 0 Å². The van der Waals surface area contributed by atoms with Crippen LogP contribution in [0.25, 0.3) is 0 Å². The van der Waals surface area contributed by atoms with E-state index in [9.17, 15) is 4.79 Å². The molecule has 2 N–H and O–H groups in total.